The Balaban J connectivity index is 1.96. The fourth-order valence-corrected chi connectivity index (χ4v) is 2.11. The molecule has 0 bridgehead atoms. The van der Waals surface area contributed by atoms with Crippen LogP contribution in [0.3, 0.4) is 0 Å². The van der Waals surface area contributed by atoms with Crippen LogP contribution in [0, 0.1) is 13.8 Å². The van der Waals surface area contributed by atoms with E-state index in [2.05, 4.69) is 15.4 Å². The van der Waals surface area contributed by atoms with Gasteiger partial charge in [0.15, 0.2) is 0 Å². The van der Waals surface area contributed by atoms with E-state index in [9.17, 15) is 0 Å². The zero-order valence-electron chi connectivity index (χ0n) is 10.9. The van der Waals surface area contributed by atoms with E-state index < -0.39 is 0 Å². The van der Waals surface area contributed by atoms with Crippen molar-refractivity contribution in [3.8, 4) is 0 Å². The molecule has 96 valence electrons. The monoisotopic (exact) mass is 264 g/mol. The van der Waals surface area contributed by atoms with Gasteiger partial charge in [-0.05, 0) is 26.0 Å². The van der Waals surface area contributed by atoms with Crippen molar-refractivity contribution in [2.24, 2.45) is 7.05 Å². The van der Waals surface area contributed by atoms with Crippen molar-refractivity contribution in [3.05, 3.63) is 46.0 Å². The molecular formula is C13H17ClN4. The fraction of sp³-hybridized carbons (Fsp3) is 0.385. The molecule has 0 atom stereocenters. The molecule has 0 aromatic carbocycles. The number of nitrogens with zero attached hydrogens (tertiary/aromatic N) is 3. The predicted molar refractivity (Wildman–Crippen MR) is 72.5 cm³/mol. The zero-order valence-corrected chi connectivity index (χ0v) is 11.6. The van der Waals surface area contributed by atoms with Crippen LogP contribution in [-0.4, -0.2) is 14.8 Å². The van der Waals surface area contributed by atoms with E-state index in [0.717, 1.165) is 34.3 Å². The minimum atomic E-state index is 0.686. The van der Waals surface area contributed by atoms with Crippen LogP contribution in [0.4, 0.5) is 0 Å². The Morgan fingerprint density at radius 1 is 1.28 bits per heavy atom. The van der Waals surface area contributed by atoms with Crippen LogP contribution < -0.4 is 5.32 Å². The van der Waals surface area contributed by atoms with E-state index in [-0.39, 0.29) is 0 Å². The molecule has 2 aromatic rings. The number of aryl methyl sites for hydroxylation is 3. The van der Waals surface area contributed by atoms with Crippen LogP contribution in [0.15, 0.2) is 18.2 Å². The topological polar surface area (TPSA) is 42.7 Å². The molecule has 0 unspecified atom stereocenters. The summed E-state index contributed by atoms with van der Waals surface area (Å²) in [6.45, 7) is 5.31. The maximum atomic E-state index is 6.18. The quantitative estimate of drug-likeness (QED) is 0.922. The fourth-order valence-electron chi connectivity index (χ4n) is 1.88. The number of pyridine rings is 1. The molecule has 0 aliphatic carbocycles. The van der Waals surface area contributed by atoms with E-state index in [1.54, 1.807) is 0 Å². The van der Waals surface area contributed by atoms with Crippen LogP contribution in [0.25, 0.3) is 0 Å². The Bertz CT molecular complexity index is 548. The second-order valence-corrected chi connectivity index (χ2v) is 4.72. The van der Waals surface area contributed by atoms with Gasteiger partial charge in [0.05, 0.1) is 22.1 Å². The Hall–Kier alpha value is -1.39. The molecule has 2 aromatic heterocycles. The first-order chi connectivity index (χ1) is 8.58. The Morgan fingerprint density at radius 3 is 2.67 bits per heavy atom. The van der Waals surface area contributed by atoms with Gasteiger partial charge in [-0.3, -0.25) is 9.67 Å². The lowest BCUT2D eigenvalue weighted by molar-refractivity contribution is 0.618. The van der Waals surface area contributed by atoms with E-state index in [0.29, 0.717) is 6.54 Å². The van der Waals surface area contributed by atoms with Gasteiger partial charge in [0.2, 0.25) is 0 Å². The van der Waals surface area contributed by atoms with E-state index in [1.165, 1.54) is 0 Å². The molecule has 0 spiro atoms. The van der Waals surface area contributed by atoms with Gasteiger partial charge in [0, 0.05) is 25.8 Å². The summed E-state index contributed by atoms with van der Waals surface area (Å²) in [7, 11) is 1.90. The van der Waals surface area contributed by atoms with E-state index >= 15 is 0 Å². The number of rotatable bonds is 4. The van der Waals surface area contributed by atoms with Crippen LogP contribution in [-0.2, 0) is 20.1 Å². The highest BCUT2D eigenvalue weighted by Crippen LogP contribution is 2.18. The Kier molecular flexibility index (Phi) is 3.99. The average Bonchev–Trinajstić information content (AvgIpc) is 2.56. The lowest BCUT2D eigenvalue weighted by Gasteiger charge is -2.06. The number of aromatic nitrogens is 3. The van der Waals surface area contributed by atoms with Gasteiger partial charge in [-0.25, -0.2) is 0 Å². The van der Waals surface area contributed by atoms with Gasteiger partial charge >= 0.3 is 0 Å². The predicted octanol–water partition coefficient (Wildman–Crippen LogP) is 2.38. The average molecular weight is 265 g/mol. The second kappa shape index (κ2) is 5.50. The van der Waals surface area contributed by atoms with Crippen molar-refractivity contribution in [1.82, 2.24) is 20.1 Å². The standard InChI is InChI=1S/C13H17ClN4/c1-9-5-4-6-11(16-9)7-15-8-12-13(14)10(2)17-18(12)3/h4-6,15H,7-8H2,1-3H3. The molecule has 2 rings (SSSR count). The van der Waals surface area contributed by atoms with Crippen molar-refractivity contribution < 1.29 is 0 Å². The van der Waals surface area contributed by atoms with Crippen molar-refractivity contribution in [1.29, 1.82) is 0 Å². The molecule has 0 amide bonds. The molecule has 1 N–H and O–H groups in total. The summed E-state index contributed by atoms with van der Waals surface area (Å²) in [5, 5.41) is 8.35. The Morgan fingerprint density at radius 2 is 2.06 bits per heavy atom. The zero-order chi connectivity index (χ0) is 13.1. The largest absolute Gasteiger partial charge is 0.305 e. The Labute approximate surface area is 112 Å². The van der Waals surface area contributed by atoms with Crippen molar-refractivity contribution >= 4 is 11.6 Å². The van der Waals surface area contributed by atoms with Gasteiger partial charge in [0.25, 0.3) is 0 Å². The molecule has 0 fully saturated rings. The summed E-state index contributed by atoms with van der Waals surface area (Å²) in [6.07, 6.45) is 0. The number of hydrogen-bond acceptors (Lipinski definition) is 3. The van der Waals surface area contributed by atoms with Crippen molar-refractivity contribution in [2.45, 2.75) is 26.9 Å². The minimum Gasteiger partial charge on any atom is -0.305 e. The SMILES string of the molecule is Cc1cccc(CNCc2c(Cl)c(C)nn2C)n1. The highest BCUT2D eigenvalue weighted by molar-refractivity contribution is 6.31. The van der Waals surface area contributed by atoms with Gasteiger partial charge in [-0.15, -0.1) is 0 Å². The lowest BCUT2D eigenvalue weighted by Crippen LogP contribution is -2.16. The summed E-state index contributed by atoms with van der Waals surface area (Å²) < 4.78 is 1.81. The summed E-state index contributed by atoms with van der Waals surface area (Å²) in [5.41, 5.74) is 3.93. The van der Waals surface area contributed by atoms with Gasteiger partial charge < -0.3 is 5.32 Å². The van der Waals surface area contributed by atoms with Crippen LogP contribution in [0.5, 0.6) is 0 Å². The summed E-state index contributed by atoms with van der Waals surface area (Å²) in [6, 6.07) is 6.02. The summed E-state index contributed by atoms with van der Waals surface area (Å²) in [4.78, 5) is 4.44. The van der Waals surface area contributed by atoms with Crippen LogP contribution in [0.2, 0.25) is 5.02 Å². The molecule has 0 saturated heterocycles. The normalized spacial score (nSPS) is 10.9. The highest BCUT2D eigenvalue weighted by atomic mass is 35.5. The van der Waals surface area contributed by atoms with Gasteiger partial charge in [-0.2, -0.15) is 5.10 Å². The van der Waals surface area contributed by atoms with Gasteiger partial charge in [0.1, 0.15) is 0 Å². The minimum absolute atomic E-state index is 0.686. The maximum Gasteiger partial charge on any atom is 0.0860 e. The molecule has 0 saturated carbocycles. The third-order valence-corrected chi connectivity index (χ3v) is 3.30. The molecule has 0 aliphatic heterocycles. The second-order valence-electron chi connectivity index (χ2n) is 4.34. The van der Waals surface area contributed by atoms with E-state index in [1.807, 2.05) is 43.8 Å². The third kappa shape index (κ3) is 2.89. The first-order valence-electron chi connectivity index (χ1n) is 5.89. The molecule has 2 heterocycles. The van der Waals surface area contributed by atoms with Gasteiger partial charge in [-0.1, -0.05) is 17.7 Å². The lowest BCUT2D eigenvalue weighted by atomic mass is 10.3. The van der Waals surface area contributed by atoms with Crippen molar-refractivity contribution in [3.63, 3.8) is 0 Å². The molecule has 4 nitrogen and oxygen atoms in total. The maximum absolute atomic E-state index is 6.18. The van der Waals surface area contributed by atoms with E-state index in [4.69, 9.17) is 11.6 Å². The number of hydrogen-bond donors (Lipinski definition) is 1. The molecule has 5 heteroatoms. The first kappa shape index (κ1) is 13.1. The molecule has 0 aliphatic rings. The summed E-state index contributed by atoms with van der Waals surface area (Å²) in [5.74, 6) is 0. The molecule has 0 radical (unpaired) electrons. The number of halogens is 1. The first-order valence-corrected chi connectivity index (χ1v) is 6.27. The van der Waals surface area contributed by atoms with Crippen molar-refractivity contribution in [2.75, 3.05) is 0 Å². The summed E-state index contributed by atoms with van der Waals surface area (Å²) >= 11 is 6.18. The third-order valence-electron chi connectivity index (χ3n) is 2.81. The molecular weight excluding hydrogens is 248 g/mol. The van der Waals surface area contributed by atoms with Crippen LogP contribution in [0.1, 0.15) is 22.8 Å². The highest BCUT2D eigenvalue weighted by Gasteiger charge is 2.10. The molecule has 18 heavy (non-hydrogen) atoms. The smallest absolute Gasteiger partial charge is 0.0860 e. The number of nitrogens with one attached hydrogen (secondary N) is 1. The van der Waals surface area contributed by atoms with Crippen LogP contribution >= 0.6 is 11.6 Å².